The second-order valence-corrected chi connectivity index (χ2v) is 12.9. The van der Waals surface area contributed by atoms with E-state index in [9.17, 15) is 19.2 Å². The molecular weight excluding hydrogens is 530 g/mol. The highest BCUT2D eigenvalue weighted by Gasteiger charge is 2.32. The molecule has 0 aromatic heterocycles. The van der Waals surface area contributed by atoms with Crippen molar-refractivity contribution in [1.29, 1.82) is 0 Å². The summed E-state index contributed by atoms with van der Waals surface area (Å²) >= 11 is 0. The first-order valence-electron chi connectivity index (χ1n) is 14.1. The number of rotatable bonds is 13. The topological polar surface area (TPSA) is 140 Å². The Balaban J connectivity index is 3.00. The minimum Gasteiger partial charge on any atom is -0.458 e. The van der Waals surface area contributed by atoms with Gasteiger partial charge in [-0.25, -0.2) is 4.79 Å². The Bertz CT molecular complexity index is 1070. The van der Waals surface area contributed by atoms with Crippen molar-refractivity contribution >= 4 is 24.1 Å². The Labute approximate surface area is 244 Å². The number of esters is 3. The predicted octanol–water partition coefficient (Wildman–Crippen LogP) is 5.76. The summed E-state index contributed by atoms with van der Waals surface area (Å²) in [4.78, 5) is 50.2. The lowest BCUT2D eigenvalue weighted by atomic mass is 9.90. The number of hydrogen-bond acceptors (Lipinski definition) is 10. The van der Waals surface area contributed by atoms with Gasteiger partial charge in [-0.1, -0.05) is 40.7 Å². The summed E-state index contributed by atoms with van der Waals surface area (Å²) in [5, 5.41) is 0. The molecule has 0 amide bonds. The molecule has 0 radical (unpaired) electrons. The number of nitrogens with two attached hydrogens (primary N) is 1. The van der Waals surface area contributed by atoms with E-state index in [1.165, 1.54) is 12.1 Å². The first-order valence-corrected chi connectivity index (χ1v) is 14.1. The van der Waals surface area contributed by atoms with Gasteiger partial charge in [0.1, 0.15) is 18.2 Å². The highest BCUT2D eigenvalue weighted by molar-refractivity contribution is 5.81. The fourth-order valence-corrected chi connectivity index (χ4v) is 2.87. The van der Waals surface area contributed by atoms with Crippen molar-refractivity contribution in [2.24, 2.45) is 22.0 Å². The molecule has 2 N–H and O–H groups in total. The normalized spacial score (nSPS) is 14.3. The van der Waals surface area contributed by atoms with Gasteiger partial charge in [0.15, 0.2) is 11.5 Å². The molecule has 0 bridgehead atoms. The summed E-state index contributed by atoms with van der Waals surface area (Å²) in [5.74, 6) is -1.51. The summed E-state index contributed by atoms with van der Waals surface area (Å²) in [6, 6.07) is 3.61. The molecule has 1 rings (SSSR count). The summed E-state index contributed by atoms with van der Waals surface area (Å²) in [6.45, 7) is 19.9. The van der Waals surface area contributed by atoms with E-state index < -0.39 is 53.1 Å². The van der Waals surface area contributed by atoms with Gasteiger partial charge in [0, 0.05) is 0 Å². The van der Waals surface area contributed by atoms with Gasteiger partial charge in [-0.15, -0.1) is 0 Å². The van der Waals surface area contributed by atoms with E-state index in [0.29, 0.717) is 18.4 Å². The van der Waals surface area contributed by atoms with Crippen molar-refractivity contribution in [2.45, 2.75) is 114 Å². The fourth-order valence-electron chi connectivity index (χ4n) is 2.87. The first kappa shape index (κ1) is 35.9. The number of benzene rings is 1. The highest BCUT2D eigenvalue weighted by atomic mass is 16.7. The quantitative estimate of drug-likeness (QED) is 0.226. The van der Waals surface area contributed by atoms with Crippen LogP contribution in [0.3, 0.4) is 0 Å². The third-order valence-electron chi connectivity index (χ3n) is 6.91. The molecule has 1 aromatic rings. The van der Waals surface area contributed by atoms with Crippen molar-refractivity contribution in [2.75, 3.05) is 6.61 Å². The van der Waals surface area contributed by atoms with Crippen LogP contribution in [0.4, 0.5) is 4.79 Å². The van der Waals surface area contributed by atoms with Crippen LogP contribution >= 0.6 is 0 Å². The zero-order valence-electron chi connectivity index (χ0n) is 26.5. The lowest BCUT2D eigenvalue weighted by Gasteiger charge is -2.24. The maximum Gasteiger partial charge on any atom is 0.508 e. The van der Waals surface area contributed by atoms with Crippen LogP contribution < -0.4 is 15.2 Å². The maximum absolute atomic E-state index is 12.8. The van der Waals surface area contributed by atoms with Gasteiger partial charge in [0.05, 0.1) is 17.4 Å². The summed E-state index contributed by atoms with van der Waals surface area (Å²) in [7, 11) is 0. The van der Waals surface area contributed by atoms with Crippen LogP contribution in [0.5, 0.6) is 11.5 Å². The Morgan fingerprint density at radius 1 is 0.780 bits per heavy atom. The zero-order chi connectivity index (χ0) is 31.8. The first-order chi connectivity index (χ1) is 18.7. The molecule has 0 aliphatic rings. The van der Waals surface area contributed by atoms with Gasteiger partial charge in [0.2, 0.25) is 0 Å². The molecule has 0 saturated carbocycles. The third-order valence-corrected chi connectivity index (χ3v) is 6.91. The van der Waals surface area contributed by atoms with Crippen LogP contribution in [0.2, 0.25) is 0 Å². The zero-order valence-corrected chi connectivity index (χ0v) is 26.5. The molecule has 1 aromatic carbocycles. The minimum absolute atomic E-state index is 0.0464. The summed E-state index contributed by atoms with van der Waals surface area (Å²) in [5.41, 5.74) is 4.96. The molecule has 1 unspecified atom stereocenters. The van der Waals surface area contributed by atoms with Gasteiger partial charge >= 0.3 is 24.1 Å². The molecule has 0 saturated heterocycles. The van der Waals surface area contributed by atoms with Gasteiger partial charge < -0.3 is 29.4 Å². The molecule has 41 heavy (non-hydrogen) atoms. The average molecular weight is 580 g/mol. The lowest BCUT2D eigenvalue weighted by molar-refractivity contribution is -0.155. The number of ether oxygens (including phenoxy) is 5. The molecule has 0 heterocycles. The lowest BCUT2D eigenvalue weighted by Crippen LogP contribution is -2.39. The van der Waals surface area contributed by atoms with Crippen molar-refractivity contribution in [1.82, 2.24) is 0 Å². The van der Waals surface area contributed by atoms with Crippen molar-refractivity contribution in [3.05, 3.63) is 23.8 Å². The van der Waals surface area contributed by atoms with E-state index in [1.54, 1.807) is 47.6 Å². The SMILES string of the molecule is CCC(C)(C)C(=O)Oc1ccc(C[C@H](N)C(=O)O[C@@H](C)C(C)OC(=O)OCC(C)(C)C)cc1OC(=O)C(C)(C)CC. The number of carbonyl (C=O) groups excluding carboxylic acids is 4. The van der Waals surface area contributed by atoms with Crippen LogP contribution in [0.25, 0.3) is 0 Å². The van der Waals surface area contributed by atoms with E-state index in [0.717, 1.165) is 0 Å². The fraction of sp³-hybridized carbons (Fsp3) is 0.677. The van der Waals surface area contributed by atoms with Crippen LogP contribution in [0.15, 0.2) is 18.2 Å². The highest BCUT2D eigenvalue weighted by Crippen LogP contribution is 2.34. The van der Waals surface area contributed by atoms with Crippen LogP contribution in [0.1, 0.15) is 94.6 Å². The number of hydrogen-bond donors (Lipinski definition) is 1. The van der Waals surface area contributed by atoms with Gasteiger partial charge in [-0.2, -0.15) is 0 Å². The molecular formula is C31H49NO9. The summed E-state index contributed by atoms with van der Waals surface area (Å²) < 4.78 is 27.0. The monoisotopic (exact) mass is 579 g/mol. The van der Waals surface area contributed by atoms with E-state index >= 15 is 0 Å². The Morgan fingerprint density at radius 3 is 1.76 bits per heavy atom. The van der Waals surface area contributed by atoms with Crippen LogP contribution in [-0.2, 0) is 35.0 Å². The molecule has 10 heteroatoms. The van der Waals surface area contributed by atoms with E-state index in [2.05, 4.69) is 0 Å². The van der Waals surface area contributed by atoms with Crippen molar-refractivity contribution < 1.29 is 42.9 Å². The standard InChI is InChI=1S/C31H49NO9/c1-12-30(8,9)26(34)40-23-15-14-21(17-24(23)41-27(35)31(10,11)13-2)16-22(32)25(33)38-19(3)20(4)39-28(36)37-18-29(5,6)7/h14-15,17,19-20,22H,12-13,16,18,32H2,1-11H3/t19-,20?,22-/m0/s1. The van der Waals surface area contributed by atoms with Crippen LogP contribution in [-0.4, -0.2) is 48.9 Å². The maximum atomic E-state index is 12.8. The number of carbonyl (C=O) groups is 4. The van der Waals surface area contributed by atoms with E-state index in [1.807, 2.05) is 34.6 Å². The van der Waals surface area contributed by atoms with E-state index in [4.69, 9.17) is 29.4 Å². The van der Waals surface area contributed by atoms with Crippen molar-refractivity contribution in [3.63, 3.8) is 0 Å². The predicted molar refractivity (Wildman–Crippen MR) is 154 cm³/mol. The largest absolute Gasteiger partial charge is 0.508 e. The van der Waals surface area contributed by atoms with Gasteiger partial charge in [-0.05, 0) is 83.9 Å². The third kappa shape index (κ3) is 11.7. The smallest absolute Gasteiger partial charge is 0.458 e. The molecule has 10 nitrogen and oxygen atoms in total. The average Bonchev–Trinajstić information content (AvgIpc) is 2.88. The van der Waals surface area contributed by atoms with Crippen molar-refractivity contribution in [3.8, 4) is 11.5 Å². The van der Waals surface area contributed by atoms with Crippen LogP contribution in [0, 0.1) is 16.2 Å². The van der Waals surface area contributed by atoms with Gasteiger partial charge in [0.25, 0.3) is 0 Å². The molecule has 3 atom stereocenters. The molecule has 0 fully saturated rings. The second-order valence-electron chi connectivity index (χ2n) is 12.9. The second kappa shape index (κ2) is 14.7. The molecule has 0 aliphatic carbocycles. The Morgan fingerprint density at radius 2 is 1.27 bits per heavy atom. The van der Waals surface area contributed by atoms with Gasteiger partial charge in [-0.3, -0.25) is 14.4 Å². The molecule has 0 spiro atoms. The Kier molecular flexibility index (Phi) is 12.8. The van der Waals surface area contributed by atoms with E-state index in [-0.39, 0.29) is 29.9 Å². The summed E-state index contributed by atoms with van der Waals surface area (Å²) in [6.07, 6.45) is -1.27. The Hall–Kier alpha value is -3.14. The molecule has 232 valence electrons. The molecule has 0 aliphatic heterocycles. The minimum atomic E-state index is -1.07.